The third kappa shape index (κ3) is 3.47. The van der Waals surface area contributed by atoms with Crippen molar-refractivity contribution in [3.05, 3.63) is 72.4 Å². The molecular formula is C20H20N8O. The van der Waals surface area contributed by atoms with E-state index in [1.165, 1.54) is 11.0 Å². The monoisotopic (exact) mass is 388 g/mol. The lowest BCUT2D eigenvalue weighted by Crippen LogP contribution is -2.48. The van der Waals surface area contributed by atoms with E-state index in [4.69, 9.17) is 0 Å². The normalized spacial score (nSPS) is 15.1. The molecule has 4 aromatic rings. The lowest BCUT2D eigenvalue weighted by molar-refractivity contribution is 0.0627. The van der Waals surface area contributed by atoms with Crippen LogP contribution >= 0.6 is 0 Å². The number of benzene rings is 1. The Kier molecular flexibility index (Phi) is 4.49. The van der Waals surface area contributed by atoms with Gasteiger partial charge in [-0.3, -0.25) is 9.69 Å². The summed E-state index contributed by atoms with van der Waals surface area (Å²) in [7, 11) is 0. The fourth-order valence-corrected chi connectivity index (χ4v) is 3.70. The van der Waals surface area contributed by atoms with E-state index >= 15 is 0 Å². The molecule has 4 heterocycles. The molecule has 9 nitrogen and oxygen atoms in total. The number of carbonyl (C=O) groups is 1. The quantitative estimate of drug-likeness (QED) is 0.523. The van der Waals surface area contributed by atoms with Crippen LogP contribution in [0.1, 0.15) is 16.1 Å². The summed E-state index contributed by atoms with van der Waals surface area (Å²) in [6.07, 6.45) is 5.57. The highest BCUT2D eigenvalue weighted by atomic mass is 16.2. The average Bonchev–Trinajstić information content (AvgIpc) is 3.43. The molecule has 0 spiro atoms. The number of rotatable bonds is 4. The van der Waals surface area contributed by atoms with Gasteiger partial charge < -0.3 is 9.30 Å². The van der Waals surface area contributed by atoms with Crippen molar-refractivity contribution in [2.45, 2.75) is 6.54 Å². The SMILES string of the molecule is O=C(c1ccccc1-n1cnnn1)N1CCN(Cc2cn3ccccc3n2)CC1. The van der Waals surface area contributed by atoms with Gasteiger partial charge in [-0.15, -0.1) is 5.10 Å². The van der Waals surface area contributed by atoms with Crippen molar-refractivity contribution in [1.82, 2.24) is 39.4 Å². The molecule has 0 saturated carbocycles. The van der Waals surface area contributed by atoms with Gasteiger partial charge in [0.2, 0.25) is 0 Å². The zero-order valence-electron chi connectivity index (χ0n) is 15.8. The number of nitrogens with zero attached hydrogens (tertiary/aromatic N) is 8. The van der Waals surface area contributed by atoms with E-state index in [2.05, 4.69) is 31.6 Å². The van der Waals surface area contributed by atoms with E-state index in [1.807, 2.05) is 58.0 Å². The van der Waals surface area contributed by atoms with Crippen LogP contribution in [0.25, 0.3) is 11.3 Å². The minimum atomic E-state index is 0.00322. The topological polar surface area (TPSA) is 84.5 Å². The second-order valence-corrected chi connectivity index (χ2v) is 7.04. The number of pyridine rings is 1. The predicted octanol–water partition coefficient (Wildman–Crippen LogP) is 1.27. The maximum Gasteiger partial charge on any atom is 0.256 e. The number of fused-ring (bicyclic) bond motifs is 1. The molecule has 0 atom stereocenters. The highest BCUT2D eigenvalue weighted by molar-refractivity contribution is 5.97. The molecular weight excluding hydrogens is 368 g/mol. The third-order valence-electron chi connectivity index (χ3n) is 5.19. The summed E-state index contributed by atoms with van der Waals surface area (Å²) >= 11 is 0. The van der Waals surface area contributed by atoms with Gasteiger partial charge in [-0.25, -0.2) is 4.98 Å². The molecule has 0 N–H and O–H groups in total. The Hall–Kier alpha value is -3.59. The highest BCUT2D eigenvalue weighted by Crippen LogP contribution is 2.17. The van der Waals surface area contributed by atoms with Gasteiger partial charge in [0, 0.05) is 45.1 Å². The van der Waals surface area contributed by atoms with Crippen LogP contribution in [0.5, 0.6) is 0 Å². The standard InChI is InChI=1S/C20H20N8O/c29-20(17-5-1-2-6-18(17)28-15-21-23-24-28)26-11-9-25(10-12-26)13-16-14-27-8-4-3-7-19(27)22-16/h1-8,14-15H,9-13H2. The fraction of sp³-hybridized carbons (Fsp3) is 0.250. The second-order valence-electron chi connectivity index (χ2n) is 7.04. The van der Waals surface area contributed by atoms with Crippen molar-refractivity contribution in [3.8, 4) is 5.69 Å². The summed E-state index contributed by atoms with van der Waals surface area (Å²) in [6.45, 7) is 3.76. The fourth-order valence-electron chi connectivity index (χ4n) is 3.70. The number of hydrogen-bond acceptors (Lipinski definition) is 6. The number of para-hydroxylation sites is 1. The summed E-state index contributed by atoms with van der Waals surface area (Å²) < 4.78 is 3.55. The number of amides is 1. The largest absolute Gasteiger partial charge is 0.336 e. The van der Waals surface area contributed by atoms with E-state index < -0.39 is 0 Å². The van der Waals surface area contributed by atoms with Crippen LogP contribution in [-0.2, 0) is 6.54 Å². The van der Waals surface area contributed by atoms with E-state index in [1.54, 1.807) is 0 Å². The van der Waals surface area contributed by atoms with Gasteiger partial charge in [-0.2, -0.15) is 4.68 Å². The first kappa shape index (κ1) is 17.5. The molecule has 5 rings (SSSR count). The maximum absolute atomic E-state index is 13.1. The van der Waals surface area contributed by atoms with Crippen LogP contribution in [-0.4, -0.2) is 71.5 Å². The van der Waals surface area contributed by atoms with Gasteiger partial charge in [0.15, 0.2) is 0 Å². The molecule has 1 saturated heterocycles. The van der Waals surface area contributed by atoms with Crippen molar-refractivity contribution in [2.75, 3.05) is 26.2 Å². The Morgan fingerprint density at radius 3 is 2.62 bits per heavy atom. The van der Waals surface area contributed by atoms with Crippen molar-refractivity contribution in [1.29, 1.82) is 0 Å². The summed E-state index contributed by atoms with van der Waals surface area (Å²) in [6, 6.07) is 13.4. The average molecular weight is 388 g/mol. The van der Waals surface area contributed by atoms with Gasteiger partial charge in [-0.1, -0.05) is 18.2 Å². The van der Waals surface area contributed by atoms with Crippen molar-refractivity contribution >= 4 is 11.6 Å². The molecule has 29 heavy (non-hydrogen) atoms. The van der Waals surface area contributed by atoms with Crippen LogP contribution in [0.3, 0.4) is 0 Å². The van der Waals surface area contributed by atoms with Gasteiger partial charge >= 0.3 is 0 Å². The summed E-state index contributed by atoms with van der Waals surface area (Å²) in [5.74, 6) is 0.00322. The van der Waals surface area contributed by atoms with Gasteiger partial charge in [0.05, 0.1) is 16.9 Å². The van der Waals surface area contributed by atoms with Crippen LogP contribution in [0, 0.1) is 0 Å². The van der Waals surface area contributed by atoms with Crippen LogP contribution in [0.15, 0.2) is 61.2 Å². The van der Waals surface area contributed by atoms with Crippen molar-refractivity contribution < 1.29 is 4.79 Å². The van der Waals surface area contributed by atoms with Crippen molar-refractivity contribution in [2.24, 2.45) is 0 Å². The van der Waals surface area contributed by atoms with Gasteiger partial charge in [-0.05, 0) is 34.7 Å². The first-order chi connectivity index (χ1) is 14.3. The maximum atomic E-state index is 13.1. The minimum Gasteiger partial charge on any atom is -0.336 e. The predicted molar refractivity (Wildman–Crippen MR) is 106 cm³/mol. The zero-order valence-corrected chi connectivity index (χ0v) is 15.8. The number of hydrogen-bond donors (Lipinski definition) is 0. The summed E-state index contributed by atoms with van der Waals surface area (Å²) in [5.41, 5.74) is 3.29. The van der Waals surface area contributed by atoms with E-state index in [0.717, 1.165) is 31.0 Å². The highest BCUT2D eigenvalue weighted by Gasteiger charge is 2.24. The first-order valence-electron chi connectivity index (χ1n) is 9.54. The van der Waals surface area contributed by atoms with Gasteiger partial charge in [0.25, 0.3) is 5.91 Å². The minimum absolute atomic E-state index is 0.00322. The molecule has 1 fully saturated rings. The molecule has 0 aliphatic carbocycles. The molecule has 1 amide bonds. The van der Waals surface area contributed by atoms with Crippen LogP contribution in [0.2, 0.25) is 0 Å². The van der Waals surface area contributed by atoms with E-state index in [0.29, 0.717) is 24.3 Å². The van der Waals surface area contributed by atoms with E-state index in [9.17, 15) is 4.79 Å². The lowest BCUT2D eigenvalue weighted by Gasteiger charge is -2.34. The molecule has 9 heteroatoms. The van der Waals surface area contributed by atoms with Crippen molar-refractivity contribution in [3.63, 3.8) is 0 Å². The Morgan fingerprint density at radius 2 is 1.83 bits per heavy atom. The number of imidazole rings is 1. The Balaban J connectivity index is 1.26. The first-order valence-corrected chi connectivity index (χ1v) is 9.54. The number of carbonyl (C=O) groups excluding carboxylic acids is 1. The van der Waals surface area contributed by atoms with Crippen LogP contribution in [0.4, 0.5) is 0 Å². The second kappa shape index (κ2) is 7.44. The lowest BCUT2D eigenvalue weighted by atomic mass is 10.1. The molecule has 146 valence electrons. The third-order valence-corrected chi connectivity index (χ3v) is 5.19. The molecule has 1 aliphatic heterocycles. The molecule has 0 bridgehead atoms. The molecule has 1 aromatic carbocycles. The summed E-state index contributed by atoms with van der Waals surface area (Å²) in [4.78, 5) is 22.0. The van der Waals surface area contributed by atoms with E-state index in [-0.39, 0.29) is 5.91 Å². The Labute approximate surface area is 167 Å². The molecule has 0 unspecified atom stereocenters. The van der Waals surface area contributed by atoms with Gasteiger partial charge in [0.1, 0.15) is 12.0 Å². The molecule has 3 aromatic heterocycles. The smallest absolute Gasteiger partial charge is 0.256 e. The molecule has 0 radical (unpaired) electrons. The number of piperazine rings is 1. The zero-order chi connectivity index (χ0) is 19.6. The van der Waals surface area contributed by atoms with Crippen LogP contribution < -0.4 is 0 Å². The number of tetrazole rings is 1. The molecule has 1 aliphatic rings. The Morgan fingerprint density at radius 1 is 1.00 bits per heavy atom. The Bertz CT molecular complexity index is 1100. The summed E-state index contributed by atoms with van der Waals surface area (Å²) in [5, 5.41) is 11.3. The number of aromatic nitrogens is 6.